The van der Waals surface area contributed by atoms with E-state index in [0.717, 1.165) is 11.3 Å². The fraction of sp³-hybridized carbons (Fsp3) is 0.371. The minimum atomic E-state index is -5.52. The monoisotopic (exact) mass is 729 g/mol. The van der Waals surface area contributed by atoms with Crippen LogP contribution in [0.4, 0.5) is 24.7 Å². The molecule has 51 heavy (non-hydrogen) atoms. The Labute approximate surface area is 293 Å². The highest BCUT2D eigenvalue weighted by Gasteiger charge is 2.53. The van der Waals surface area contributed by atoms with Gasteiger partial charge in [0.15, 0.2) is 27.2 Å². The average Bonchev–Trinajstić information content (AvgIpc) is 3.03. The standard InChI is InChI=1S/C35H38F3N5O7S/c1-5-48-29-18-24(13-16-28(29)49-21(2)3)34(50-33(45)35(36,37)38,41-25-14-15-27-23(17-25)19-40-42-31(27)39)32(44)43(4)20-22-9-6-7-12-30(22)51(46,47)26-10-8-11-26/h6-7,9,12-19,21,26,41H,5,8,10-11,20H2,1-4H3,(H2,39,42). The molecular weight excluding hydrogens is 691 g/mol. The lowest BCUT2D eigenvalue weighted by atomic mass is 9.98. The van der Waals surface area contributed by atoms with Crippen LogP contribution in [0.1, 0.15) is 51.2 Å². The van der Waals surface area contributed by atoms with Crippen LogP contribution >= 0.6 is 0 Å². The second-order valence-electron chi connectivity index (χ2n) is 12.4. The minimum absolute atomic E-state index is 0.00208. The first-order valence-electron chi connectivity index (χ1n) is 16.2. The summed E-state index contributed by atoms with van der Waals surface area (Å²) in [5.41, 5.74) is 3.07. The van der Waals surface area contributed by atoms with E-state index in [9.17, 15) is 31.2 Å². The van der Waals surface area contributed by atoms with Crippen LogP contribution in [0.25, 0.3) is 10.8 Å². The summed E-state index contributed by atoms with van der Waals surface area (Å²) in [5.74, 6) is -3.46. The van der Waals surface area contributed by atoms with Crippen molar-refractivity contribution in [3.63, 3.8) is 0 Å². The molecule has 16 heteroatoms. The molecule has 1 saturated carbocycles. The predicted octanol–water partition coefficient (Wildman–Crippen LogP) is 5.75. The number of hydrogen-bond acceptors (Lipinski definition) is 11. The molecule has 1 aliphatic carbocycles. The van der Waals surface area contributed by atoms with Gasteiger partial charge in [-0.3, -0.25) is 4.79 Å². The Morgan fingerprint density at radius 1 is 1.06 bits per heavy atom. The molecule has 12 nitrogen and oxygen atoms in total. The molecule has 4 aromatic rings. The Morgan fingerprint density at radius 2 is 1.78 bits per heavy atom. The molecule has 0 spiro atoms. The van der Waals surface area contributed by atoms with Crippen molar-refractivity contribution in [1.82, 2.24) is 15.1 Å². The summed E-state index contributed by atoms with van der Waals surface area (Å²) >= 11 is 0. The van der Waals surface area contributed by atoms with Gasteiger partial charge in [0.25, 0.3) is 11.6 Å². The van der Waals surface area contributed by atoms with E-state index in [0.29, 0.717) is 23.6 Å². The number of anilines is 2. The number of halogens is 3. The van der Waals surface area contributed by atoms with Gasteiger partial charge in [0.2, 0.25) is 0 Å². The first-order chi connectivity index (χ1) is 24.1. The Bertz CT molecular complexity index is 2040. The number of hydrogen-bond donors (Lipinski definition) is 2. The van der Waals surface area contributed by atoms with Crippen LogP contribution in [-0.4, -0.2) is 66.6 Å². The van der Waals surface area contributed by atoms with E-state index in [1.807, 2.05) is 0 Å². The van der Waals surface area contributed by atoms with E-state index >= 15 is 0 Å². The summed E-state index contributed by atoms with van der Waals surface area (Å²) in [4.78, 5) is 28.6. The van der Waals surface area contributed by atoms with Gasteiger partial charge in [-0.1, -0.05) is 24.6 Å². The van der Waals surface area contributed by atoms with Crippen LogP contribution in [0.15, 0.2) is 71.8 Å². The zero-order valence-corrected chi connectivity index (χ0v) is 29.2. The summed E-state index contributed by atoms with van der Waals surface area (Å²) < 4.78 is 85.9. The maximum atomic E-state index is 14.8. The quantitative estimate of drug-likeness (QED) is 0.127. The highest BCUT2D eigenvalue weighted by molar-refractivity contribution is 7.92. The van der Waals surface area contributed by atoms with Crippen molar-refractivity contribution in [2.75, 3.05) is 24.7 Å². The van der Waals surface area contributed by atoms with Crippen LogP contribution in [0.3, 0.4) is 0 Å². The first-order valence-corrected chi connectivity index (χ1v) is 17.7. The Hall–Kier alpha value is -5.12. The number of nitrogen functional groups attached to an aromatic ring is 1. The number of nitrogens with zero attached hydrogens (tertiary/aromatic N) is 3. The molecule has 1 atom stereocenters. The predicted molar refractivity (Wildman–Crippen MR) is 183 cm³/mol. The maximum absolute atomic E-state index is 14.8. The van der Waals surface area contributed by atoms with Crippen molar-refractivity contribution < 1.29 is 45.4 Å². The number of nitrogens with two attached hydrogens (primary N) is 1. The van der Waals surface area contributed by atoms with E-state index in [1.54, 1.807) is 32.9 Å². The normalized spacial score (nSPS) is 14.7. The highest BCUT2D eigenvalue weighted by Crippen LogP contribution is 2.40. The van der Waals surface area contributed by atoms with E-state index in [1.165, 1.54) is 61.8 Å². The molecule has 3 N–H and O–H groups in total. The van der Waals surface area contributed by atoms with Crippen LogP contribution in [0, 0.1) is 0 Å². The van der Waals surface area contributed by atoms with Crippen molar-refractivity contribution in [3.05, 3.63) is 78.0 Å². The Balaban J connectivity index is 1.69. The van der Waals surface area contributed by atoms with E-state index in [2.05, 4.69) is 15.5 Å². The van der Waals surface area contributed by atoms with Crippen molar-refractivity contribution >= 4 is 44.0 Å². The smallest absolute Gasteiger partial charge is 0.490 e. The zero-order valence-electron chi connectivity index (χ0n) is 28.4. The lowest BCUT2D eigenvalue weighted by Crippen LogP contribution is -2.54. The van der Waals surface area contributed by atoms with Gasteiger partial charge in [0.05, 0.1) is 29.1 Å². The second-order valence-corrected chi connectivity index (χ2v) is 14.5. The fourth-order valence-electron chi connectivity index (χ4n) is 5.68. The molecule has 1 aromatic heterocycles. The third-order valence-corrected chi connectivity index (χ3v) is 10.7. The number of fused-ring (bicyclic) bond motifs is 1. The number of carbonyl (C=O) groups excluding carboxylic acids is 2. The number of alkyl halides is 3. The number of aromatic nitrogens is 2. The largest absolute Gasteiger partial charge is 0.491 e. The zero-order chi connectivity index (χ0) is 37.1. The number of nitrogens with one attached hydrogen (secondary N) is 1. The highest BCUT2D eigenvalue weighted by atomic mass is 32.2. The summed E-state index contributed by atoms with van der Waals surface area (Å²) in [6, 6.07) is 14.4. The molecule has 0 aliphatic heterocycles. The molecule has 1 unspecified atom stereocenters. The second kappa shape index (κ2) is 14.6. The third kappa shape index (κ3) is 7.80. The number of sulfone groups is 1. The van der Waals surface area contributed by atoms with Gasteiger partial charge in [-0.15, -0.1) is 5.10 Å². The van der Waals surface area contributed by atoms with Gasteiger partial charge >= 0.3 is 12.1 Å². The molecule has 3 aromatic carbocycles. The van der Waals surface area contributed by atoms with E-state index in [4.69, 9.17) is 19.9 Å². The minimum Gasteiger partial charge on any atom is -0.490 e. The topological polar surface area (TPSA) is 163 Å². The molecular formula is C35H38F3N5O7S. The van der Waals surface area contributed by atoms with Gasteiger partial charge in [0.1, 0.15) is 0 Å². The summed E-state index contributed by atoms with van der Waals surface area (Å²) in [5, 5.41) is 10.7. The molecule has 1 heterocycles. The van der Waals surface area contributed by atoms with Gasteiger partial charge < -0.3 is 30.2 Å². The number of benzene rings is 3. The van der Waals surface area contributed by atoms with Gasteiger partial charge in [-0.25, -0.2) is 13.2 Å². The third-order valence-electron chi connectivity index (χ3n) is 8.33. The molecule has 1 fully saturated rings. The SMILES string of the molecule is CCOc1cc(C(Nc2ccc3c(N)nncc3c2)(OC(=O)C(F)(F)F)C(=O)N(C)Cc2ccccc2S(=O)(=O)C2CCC2)ccc1OC(C)C. The van der Waals surface area contributed by atoms with Crippen molar-refractivity contribution in [3.8, 4) is 11.5 Å². The van der Waals surface area contributed by atoms with E-state index < -0.39 is 38.9 Å². The van der Waals surface area contributed by atoms with Crippen molar-refractivity contribution in [1.29, 1.82) is 0 Å². The van der Waals surface area contributed by atoms with Crippen LogP contribution in [0.2, 0.25) is 0 Å². The average molecular weight is 730 g/mol. The van der Waals surface area contributed by atoms with Gasteiger partial charge in [-0.2, -0.15) is 18.3 Å². The Kier molecular flexibility index (Phi) is 10.6. The molecule has 272 valence electrons. The number of carbonyl (C=O) groups is 2. The number of likely N-dealkylation sites (N-methyl/N-ethyl adjacent to an activating group) is 1. The molecule has 1 aliphatic rings. The van der Waals surface area contributed by atoms with Crippen molar-refractivity contribution in [2.24, 2.45) is 0 Å². The lowest BCUT2D eigenvalue weighted by Gasteiger charge is -2.37. The number of ether oxygens (including phenoxy) is 3. The first kappa shape index (κ1) is 37.1. The number of rotatable bonds is 13. The number of amides is 1. The fourth-order valence-corrected chi connectivity index (χ4v) is 7.76. The molecule has 5 rings (SSSR count). The maximum Gasteiger partial charge on any atom is 0.491 e. The summed E-state index contributed by atoms with van der Waals surface area (Å²) in [6.45, 7) is 4.95. The van der Waals surface area contributed by atoms with Crippen LogP contribution < -0.4 is 20.5 Å². The molecule has 0 bridgehead atoms. The molecule has 0 saturated heterocycles. The van der Waals surface area contributed by atoms with E-state index in [-0.39, 0.29) is 58.3 Å². The lowest BCUT2D eigenvalue weighted by molar-refractivity contribution is -0.215. The van der Waals surface area contributed by atoms with Crippen molar-refractivity contribution in [2.45, 2.75) is 74.7 Å². The van der Waals surface area contributed by atoms with Gasteiger partial charge in [-0.05, 0) is 81.6 Å². The van der Waals surface area contributed by atoms with Crippen LogP contribution in [0.5, 0.6) is 11.5 Å². The van der Waals surface area contributed by atoms with Crippen LogP contribution in [-0.2, 0) is 36.4 Å². The number of esters is 1. The van der Waals surface area contributed by atoms with Gasteiger partial charge in [0, 0.05) is 35.6 Å². The Morgan fingerprint density at radius 3 is 2.43 bits per heavy atom. The summed E-state index contributed by atoms with van der Waals surface area (Å²) in [7, 11) is -2.50. The summed E-state index contributed by atoms with van der Waals surface area (Å²) in [6.07, 6.45) is -2.73. The molecule has 0 radical (unpaired) electrons. The molecule has 1 amide bonds.